The molecule has 3 atom stereocenters. The van der Waals surface area contributed by atoms with Crippen LogP contribution in [0.3, 0.4) is 0 Å². The fraction of sp³-hybridized carbons (Fsp3) is 0.581. The minimum atomic E-state index is -3.80. The molecule has 216 valence electrons. The van der Waals surface area contributed by atoms with Gasteiger partial charge in [0.25, 0.3) is 0 Å². The largest absolute Gasteiger partial charge is 0.497 e. The highest BCUT2D eigenvalue weighted by Gasteiger charge is 2.55. The molecule has 2 N–H and O–H groups in total. The number of nitrogens with one attached hydrogen (secondary N) is 1. The van der Waals surface area contributed by atoms with Crippen molar-refractivity contribution in [3.63, 3.8) is 0 Å². The van der Waals surface area contributed by atoms with Crippen molar-refractivity contribution in [2.75, 3.05) is 26.7 Å². The molecule has 4 bridgehead atoms. The van der Waals surface area contributed by atoms with Crippen molar-refractivity contribution >= 4 is 16.1 Å². The molecule has 2 aromatic carbocycles. The molecule has 0 radical (unpaired) electrons. The van der Waals surface area contributed by atoms with Crippen molar-refractivity contribution in [1.29, 1.82) is 0 Å². The fourth-order valence-electron chi connectivity index (χ4n) is 8.08. The number of ether oxygens (including phenoxy) is 1. The number of rotatable bonds is 8. The minimum Gasteiger partial charge on any atom is -0.497 e. The van der Waals surface area contributed by atoms with Gasteiger partial charge in [-0.05, 0) is 86.3 Å². The normalized spacial score (nSPS) is 31.4. The molecule has 4 saturated carbocycles. The van der Waals surface area contributed by atoms with E-state index in [1.54, 1.807) is 28.6 Å². The Morgan fingerprint density at radius 3 is 2.55 bits per heavy atom. The third-order valence-corrected chi connectivity index (χ3v) is 11.5. The van der Waals surface area contributed by atoms with E-state index in [9.17, 15) is 18.3 Å². The highest BCUT2D eigenvalue weighted by molar-refractivity contribution is 7.89. The molecule has 2 unspecified atom stereocenters. The molecule has 5 aliphatic rings. The first-order valence-corrected chi connectivity index (χ1v) is 16.1. The number of hydrogen-bond acceptors (Lipinski definition) is 5. The van der Waals surface area contributed by atoms with Gasteiger partial charge in [-0.25, -0.2) is 13.2 Å². The predicted molar refractivity (Wildman–Crippen MR) is 152 cm³/mol. The number of urea groups is 1. The van der Waals surface area contributed by atoms with Crippen LogP contribution in [0.15, 0.2) is 59.5 Å². The van der Waals surface area contributed by atoms with Crippen LogP contribution in [0.4, 0.5) is 4.79 Å². The van der Waals surface area contributed by atoms with Gasteiger partial charge in [0.1, 0.15) is 5.75 Å². The third kappa shape index (κ3) is 5.60. The average molecular weight is 568 g/mol. The van der Waals surface area contributed by atoms with Gasteiger partial charge in [0.15, 0.2) is 0 Å². The van der Waals surface area contributed by atoms with Gasteiger partial charge in [-0.15, -0.1) is 0 Å². The number of sulfonamides is 1. The van der Waals surface area contributed by atoms with Crippen LogP contribution in [0.5, 0.6) is 5.75 Å². The van der Waals surface area contributed by atoms with Gasteiger partial charge in [-0.1, -0.05) is 36.4 Å². The fourth-order valence-corrected chi connectivity index (χ4v) is 9.62. The average Bonchev–Trinajstić information content (AvgIpc) is 2.94. The van der Waals surface area contributed by atoms with Gasteiger partial charge >= 0.3 is 6.03 Å². The van der Waals surface area contributed by atoms with Crippen LogP contribution in [0.25, 0.3) is 0 Å². The molecule has 0 aromatic heterocycles. The van der Waals surface area contributed by atoms with E-state index in [-0.39, 0.29) is 29.4 Å². The van der Waals surface area contributed by atoms with Crippen molar-refractivity contribution < 1.29 is 23.1 Å². The van der Waals surface area contributed by atoms with E-state index >= 15 is 0 Å². The van der Waals surface area contributed by atoms with Gasteiger partial charge in [0, 0.05) is 38.3 Å². The lowest BCUT2D eigenvalue weighted by Crippen LogP contribution is -2.63. The maximum absolute atomic E-state index is 13.9. The van der Waals surface area contributed by atoms with Crippen molar-refractivity contribution in [3.05, 3.63) is 60.2 Å². The minimum absolute atomic E-state index is 0.0304. The van der Waals surface area contributed by atoms with E-state index < -0.39 is 15.6 Å². The topological polar surface area (TPSA) is 99.2 Å². The number of carbonyl (C=O) groups is 1. The maximum atomic E-state index is 13.9. The van der Waals surface area contributed by atoms with E-state index in [0.29, 0.717) is 43.1 Å². The summed E-state index contributed by atoms with van der Waals surface area (Å²) in [7, 11) is -2.27. The first-order valence-electron chi connectivity index (χ1n) is 14.7. The number of aliphatic hydroxyl groups is 1. The van der Waals surface area contributed by atoms with E-state index in [1.165, 1.54) is 7.11 Å². The Hall–Kier alpha value is -2.62. The van der Waals surface area contributed by atoms with Crippen molar-refractivity contribution in [1.82, 2.24) is 14.5 Å². The molecule has 7 rings (SSSR count). The standard InChI is InChI=1S/C31H41N3O5S/c1-39-27-10-5-11-28(15-27)40(37,38)34(20-22-7-3-2-4-8-22)21-23-9-6-12-33(19-23)30(35)32-29-25-13-24-14-26(29)18-31(36,16-24)17-25/h2-5,7-8,10-11,15,23-26,29,36H,6,9,12-14,16-21H2,1H3,(H,32,35)/t23-,24?,25?,26?,29?,31?/m0/s1. The van der Waals surface area contributed by atoms with E-state index in [1.807, 2.05) is 35.2 Å². The molecule has 1 aliphatic heterocycles. The van der Waals surface area contributed by atoms with Crippen LogP contribution in [-0.4, -0.2) is 67.1 Å². The lowest BCUT2D eigenvalue weighted by molar-refractivity contribution is -0.137. The number of benzene rings is 2. The molecule has 1 saturated heterocycles. The molecule has 2 amide bonds. The van der Waals surface area contributed by atoms with Crippen LogP contribution in [-0.2, 0) is 16.6 Å². The highest BCUT2D eigenvalue weighted by Crippen LogP contribution is 2.55. The zero-order chi connectivity index (χ0) is 27.9. The number of amides is 2. The predicted octanol–water partition coefficient (Wildman–Crippen LogP) is 4.25. The Morgan fingerprint density at radius 2 is 1.85 bits per heavy atom. The summed E-state index contributed by atoms with van der Waals surface area (Å²) in [6, 6.07) is 16.3. The smallest absolute Gasteiger partial charge is 0.317 e. The summed E-state index contributed by atoms with van der Waals surface area (Å²) in [6.07, 6.45) is 6.43. The Labute approximate surface area is 237 Å². The summed E-state index contributed by atoms with van der Waals surface area (Å²) >= 11 is 0. The Morgan fingerprint density at radius 1 is 1.10 bits per heavy atom. The molecule has 9 heteroatoms. The van der Waals surface area contributed by atoms with Crippen LogP contribution >= 0.6 is 0 Å². The van der Waals surface area contributed by atoms with Crippen LogP contribution in [0.1, 0.15) is 50.5 Å². The van der Waals surface area contributed by atoms with Crippen LogP contribution in [0, 0.1) is 23.7 Å². The Balaban J connectivity index is 1.15. The zero-order valence-electron chi connectivity index (χ0n) is 23.2. The number of carbonyl (C=O) groups excluding carboxylic acids is 1. The molecular formula is C31H41N3O5S. The Kier molecular flexibility index (Phi) is 7.57. The number of hydrogen-bond donors (Lipinski definition) is 2. The van der Waals surface area contributed by atoms with Crippen molar-refractivity contribution in [2.24, 2.45) is 23.7 Å². The number of methoxy groups -OCH3 is 1. The summed E-state index contributed by atoms with van der Waals surface area (Å²) in [6.45, 7) is 1.80. The second-order valence-corrected chi connectivity index (χ2v) is 14.5. The van der Waals surface area contributed by atoms with Crippen LogP contribution < -0.4 is 10.1 Å². The van der Waals surface area contributed by atoms with Crippen molar-refractivity contribution in [2.45, 2.75) is 68.0 Å². The van der Waals surface area contributed by atoms with Crippen molar-refractivity contribution in [3.8, 4) is 5.75 Å². The molecule has 5 fully saturated rings. The van der Waals surface area contributed by atoms with Gasteiger partial charge in [-0.2, -0.15) is 4.31 Å². The van der Waals surface area contributed by atoms with Gasteiger partial charge in [-0.3, -0.25) is 0 Å². The summed E-state index contributed by atoms with van der Waals surface area (Å²) in [5.74, 6) is 1.84. The lowest BCUT2D eigenvalue weighted by atomic mass is 9.52. The zero-order valence-corrected chi connectivity index (χ0v) is 24.1. The number of piperidine rings is 1. The first-order chi connectivity index (χ1) is 19.2. The molecule has 2 aromatic rings. The highest BCUT2D eigenvalue weighted by atomic mass is 32.2. The SMILES string of the molecule is COc1cccc(S(=O)(=O)N(Cc2ccccc2)C[C@H]2CCCN(C(=O)NC3C4CC5CC3CC(O)(C5)C4)C2)c1. The van der Waals surface area contributed by atoms with Gasteiger partial charge in [0.05, 0.1) is 17.6 Å². The summed E-state index contributed by atoms with van der Waals surface area (Å²) in [4.78, 5) is 15.6. The van der Waals surface area contributed by atoms with E-state index in [2.05, 4.69) is 5.32 Å². The number of nitrogens with zero attached hydrogens (tertiary/aromatic N) is 2. The summed E-state index contributed by atoms with van der Waals surface area (Å²) in [5.41, 5.74) is 0.396. The molecular weight excluding hydrogens is 526 g/mol. The molecule has 40 heavy (non-hydrogen) atoms. The van der Waals surface area contributed by atoms with Crippen LogP contribution in [0.2, 0.25) is 0 Å². The lowest BCUT2D eigenvalue weighted by Gasteiger charge is -2.58. The van der Waals surface area contributed by atoms with E-state index in [0.717, 1.165) is 50.5 Å². The van der Waals surface area contributed by atoms with Gasteiger partial charge in [0.2, 0.25) is 10.0 Å². The first kappa shape index (κ1) is 27.5. The molecule has 8 nitrogen and oxygen atoms in total. The second-order valence-electron chi connectivity index (χ2n) is 12.6. The monoisotopic (exact) mass is 567 g/mol. The quantitative estimate of drug-likeness (QED) is 0.497. The van der Waals surface area contributed by atoms with Gasteiger partial charge < -0.3 is 20.1 Å². The second kappa shape index (κ2) is 11.0. The van der Waals surface area contributed by atoms with E-state index in [4.69, 9.17) is 4.74 Å². The molecule has 0 spiro atoms. The summed E-state index contributed by atoms with van der Waals surface area (Å²) in [5, 5.41) is 14.3. The third-order valence-electron chi connectivity index (χ3n) is 9.68. The molecule has 4 aliphatic carbocycles. The summed E-state index contributed by atoms with van der Waals surface area (Å²) < 4.78 is 34.6. The maximum Gasteiger partial charge on any atom is 0.317 e. The number of likely N-dealkylation sites (tertiary alicyclic amines) is 1. The Bertz CT molecular complexity index is 1300. The molecule has 1 heterocycles.